The maximum atomic E-state index is 12.9. The molecular weight excluding hydrogens is 384 g/mol. The fraction of sp³-hybridized carbons (Fsp3) is 0.652. The zero-order chi connectivity index (χ0) is 21.1. The molecule has 1 saturated heterocycles. The van der Waals surface area contributed by atoms with Crippen LogP contribution in [0.4, 0.5) is 5.69 Å². The minimum absolute atomic E-state index is 0.0405. The molecule has 2 heterocycles. The third-order valence-electron chi connectivity index (χ3n) is 6.33. The van der Waals surface area contributed by atoms with Crippen LogP contribution in [0.15, 0.2) is 18.2 Å². The van der Waals surface area contributed by atoms with Gasteiger partial charge < -0.3 is 24.4 Å². The van der Waals surface area contributed by atoms with Gasteiger partial charge in [-0.25, -0.2) is 0 Å². The van der Waals surface area contributed by atoms with Crippen molar-refractivity contribution in [2.24, 2.45) is 5.92 Å². The summed E-state index contributed by atoms with van der Waals surface area (Å²) >= 11 is 0. The van der Waals surface area contributed by atoms with Crippen molar-refractivity contribution in [2.45, 2.75) is 70.6 Å². The highest BCUT2D eigenvalue weighted by atomic mass is 16.7. The highest BCUT2D eigenvalue weighted by Crippen LogP contribution is 2.46. The van der Waals surface area contributed by atoms with Crippen molar-refractivity contribution >= 4 is 17.6 Å². The Labute approximate surface area is 178 Å². The summed E-state index contributed by atoms with van der Waals surface area (Å²) in [6.07, 6.45) is 6.62. The summed E-state index contributed by atoms with van der Waals surface area (Å²) in [6.45, 7) is 5.24. The Morgan fingerprint density at radius 2 is 1.87 bits per heavy atom. The fourth-order valence-corrected chi connectivity index (χ4v) is 4.66. The third kappa shape index (κ3) is 4.35. The topological polar surface area (TPSA) is 77.1 Å². The first kappa shape index (κ1) is 20.8. The Morgan fingerprint density at radius 3 is 2.57 bits per heavy atom. The molecule has 0 aromatic heterocycles. The molecule has 4 rings (SSSR count). The van der Waals surface area contributed by atoms with Crippen LogP contribution in [-0.4, -0.2) is 48.3 Å². The number of ether oxygens (including phenoxy) is 3. The molecule has 7 nitrogen and oxygen atoms in total. The highest BCUT2D eigenvalue weighted by molar-refractivity contribution is 5.85. The van der Waals surface area contributed by atoms with Gasteiger partial charge in [0.15, 0.2) is 11.5 Å². The van der Waals surface area contributed by atoms with Crippen molar-refractivity contribution in [3.63, 3.8) is 0 Å². The summed E-state index contributed by atoms with van der Waals surface area (Å²) in [7, 11) is 0. The van der Waals surface area contributed by atoms with Gasteiger partial charge in [0.25, 0.3) is 5.79 Å². The Bertz CT molecular complexity index is 782. The van der Waals surface area contributed by atoms with Gasteiger partial charge in [0.2, 0.25) is 5.91 Å². The van der Waals surface area contributed by atoms with Gasteiger partial charge in [-0.3, -0.25) is 9.59 Å². The van der Waals surface area contributed by atoms with Crippen LogP contribution in [-0.2, 0) is 14.3 Å². The number of hydrogen-bond donors (Lipinski definition) is 1. The highest BCUT2D eigenvalue weighted by Gasteiger charge is 2.42. The molecule has 1 N–H and O–H groups in total. The van der Waals surface area contributed by atoms with Crippen LogP contribution < -0.4 is 14.8 Å². The Hall–Kier alpha value is -2.44. The lowest BCUT2D eigenvalue weighted by Gasteiger charge is -2.33. The largest absolute Gasteiger partial charge is 0.466 e. The molecule has 1 atom stereocenters. The molecule has 1 aromatic rings. The second-order valence-electron chi connectivity index (χ2n) is 8.55. The van der Waals surface area contributed by atoms with Gasteiger partial charge in [-0.1, -0.05) is 6.42 Å². The molecule has 7 heteroatoms. The quantitative estimate of drug-likeness (QED) is 0.737. The lowest BCUT2D eigenvalue weighted by molar-refractivity contribution is -0.151. The van der Waals surface area contributed by atoms with Crippen LogP contribution in [0.3, 0.4) is 0 Å². The number of rotatable bonds is 5. The number of amides is 1. The van der Waals surface area contributed by atoms with Crippen LogP contribution in [0, 0.1) is 5.92 Å². The fourth-order valence-electron chi connectivity index (χ4n) is 4.66. The maximum Gasteiger partial charge on any atom is 0.309 e. The number of likely N-dealkylation sites (tertiary alicyclic amines) is 1. The van der Waals surface area contributed by atoms with Crippen molar-refractivity contribution in [1.29, 1.82) is 0 Å². The maximum absolute atomic E-state index is 12.9. The summed E-state index contributed by atoms with van der Waals surface area (Å²) in [4.78, 5) is 26.6. The van der Waals surface area contributed by atoms with Crippen molar-refractivity contribution in [3.05, 3.63) is 18.2 Å². The van der Waals surface area contributed by atoms with E-state index in [2.05, 4.69) is 5.32 Å². The number of anilines is 1. The van der Waals surface area contributed by atoms with Gasteiger partial charge in [0, 0.05) is 37.7 Å². The van der Waals surface area contributed by atoms with Crippen molar-refractivity contribution in [1.82, 2.24) is 4.90 Å². The van der Waals surface area contributed by atoms with Crippen LogP contribution in [0.25, 0.3) is 0 Å². The Kier molecular flexibility index (Phi) is 6.06. The van der Waals surface area contributed by atoms with E-state index in [1.54, 1.807) is 0 Å². The van der Waals surface area contributed by atoms with Crippen LogP contribution in [0.1, 0.15) is 58.8 Å². The predicted octanol–water partition coefficient (Wildman–Crippen LogP) is 3.72. The average Bonchev–Trinajstić information content (AvgIpc) is 3.10. The number of carbonyl (C=O) groups is 2. The standard InChI is InChI=1S/C23H32N2O5/c1-3-28-22(27)17-9-13-25(14-10-17)21(26)16(2)24-18-7-8-19-20(15-18)30-23(29-19)11-5-4-6-12-23/h7-8,15-17,24H,3-6,9-14H2,1-2H3. The van der Waals surface area contributed by atoms with Gasteiger partial charge in [-0.05, 0) is 51.7 Å². The summed E-state index contributed by atoms with van der Waals surface area (Å²) in [5.74, 6) is 0.826. The van der Waals surface area contributed by atoms with E-state index in [4.69, 9.17) is 14.2 Å². The number of fused-ring (bicyclic) bond motifs is 1. The van der Waals surface area contributed by atoms with Crippen molar-refractivity contribution < 1.29 is 23.8 Å². The lowest BCUT2D eigenvalue weighted by atomic mass is 9.94. The van der Waals surface area contributed by atoms with Gasteiger partial charge in [0.05, 0.1) is 12.5 Å². The van der Waals surface area contributed by atoms with E-state index in [-0.39, 0.29) is 23.8 Å². The van der Waals surface area contributed by atoms with E-state index in [9.17, 15) is 9.59 Å². The normalized spacial score (nSPS) is 21.3. The molecule has 1 aliphatic carbocycles. The number of benzene rings is 1. The van der Waals surface area contributed by atoms with E-state index in [0.717, 1.165) is 42.9 Å². The van der Waals surface area contributed by atoms with E-state index >= 15 is 0 Å². The second-order valence-corrected chi connectivity index (χ2v) is 8.55. The summed E-state index contributed by atoms with van der Waals surface area (Å²) in [5, 5.41) is 3.30. The van der Waals surface area contributed by atoms with E-state index in [0.29, 0.717) is 32.5 Å². The Morgan fingerprint density at radius 1 is 1.17 bits per heavy atom. The van der Waals surface area contributed by atoms with Crippen LogP contribution in [0.5, 0.6) is 11.5 Å². The average molecular weight is 417 g/mol. The summed E-state index contributed by atoms with van der Waals surface area (Å²) < 4.78 is 17.4. The van der Waals surface area contributed by atoms with Gasteiger partial charge >= 0.3 is 5.97 Å². The third-order valence-corrected chi connectivity index (χ3v) is 6.33. The second kappa shape index (κ2) is 8.74. The van der Waals surface area contributed by atoms with E-state index < -0.39 is 5.79 Å². The molecule has 1 spiro atoms. The molecule has 1 saturated carbocycles. The minimum atomic E-state index is -0.496. The number of nitrogens with one attached hydrogen (secondary N) is 1. The first-order chi connectivity index (χ1) is 14.5. The molecule has 30 heavy (non-hydrogen) atoms. The molecule has 2 aliphatic heterocycles. The number of carbonyl (C=O) groups excluding carboxylic acids is 2. The molecule has 1 amide bonds. The van der Waals surface area contributed by atoms with Gasteiger partial charge in [0.1, 0.15) is 6.04 Å². The zero-order valence-electron chi connectivity index (χ0n) is 17.9. The van der Waals surface area contributed by atoms with Crippen LogP contribution >= 0.6 is 0 Å². The minimum Gasteiger partial charge on any atom is -0.466 e. The number of piperidine rings is 1. The number of esters is 1. The SMILES string of the molecule is CCOC(=O)C1CCN(C(=O)C(C)Nc2ccc3c(c2)OC2(CCCCC2)O3)CC1. The summed E-state index contributed by atoms with van der Waals surface area (Å²) in [6, 6.07) is 5.41. The zero-order valence-corrected chi connectivity index (χ0v) is 17.9. The predicted molar refractivity (Wildman–Crippen MR) is 113 cm³/mol. The first-order valence-corrected chi connectivity index (χ1v) is 11.2. The smallest absolute Gasteiger partial charge is 0.309 e. The monoisotopic (exact) mass is 416 g/mol. The van der Waals surface area contributed by atoms with Crippen molar-refractivity contribution in [2.75, 3.05) is 25.0 Å². The van der Waals surface area contributed by atoms with Gasteiger partial charge in [-0.2, -0.15) is 0 Å². The molecular formula is C23H32N2O5. The first-order valence-electron chi connectivity index (χ1n) is 11.2. The lowest BCUT2D eigenvalue weighted by Crippen LogP contribution is -2.46. The Balaban J connectivity index is 1.32. The van der Waals surface area contributed by atoms with Gasteiger partial charge in [-0.15, -0.1) is 0 Å². The number of hydrogen-bond acceptors (Lipinski definition) is 6. The molecule has 1 aromatic carbocycles. The molecule has 0 radical (unpaired) electrons. The van der Waals surface area contributed by atoms with Crippen LogP contribution in [0.2, 0.25) is 0 Å². The summed E-state index contributed by atoms with van der Waals surface area (Å²) in [5.41, 5.74) is 0.840. The van der Waals surface area contributed by atoms with E-state index in [1.807, 2.05) is 36.9 Å². The molecule has 2 fully saturated rings. The van der Waals surface area contributed by atoms with Crippen molar-refractivity contribution in [3.8, 4) is 11.5 Å². The number of nitrogens with zero attached hydrogens (tertiary/aromatic N) is 1. The molecule has 0 bridgehead atoms. The van der Waals surface area contributed by atoms with E-state index in [1.165, 1.54) is 6.42 Å². The molecule has 1 unspecified atom stereocenters. The molecule has 3 aliphatic rings. The molecule has 164 valence electrons.